The summed E-state index contributed by atoms with van der Waals surface area (Å²) >= 11 is 5.93. The summed E-state index contributed by atoms with van der Waals surface area (Å²) in [6.45, 7) is 4.44. The van der Waals surface area contributed by atoms with Gasteiger partial charge in [0.1, 0.15) is 5.76 Å². The van der Waals surface area contributed by atoms with Crippen molar-refractivity contribution in [3.8, 4) is 0 Å². The van der Waals surface area contributed by atoms with Crippen LogP contribution in [0.15, 0.2) is 33.8 Å². The summed E-state index contributed by atoms with van der Waals surface area (Å²) in [5.41, 5.74) is 5.33. The van der Waals surface area contributed by atoms with E-state index >= 15 is 0 Å². The second-order valence-electron chi connectivity index (χ2n) is 6.47. The van der Waals surface area contributed by atoms with Crippen LogP contribution in [0.2, 0.25) is 5.02 Å². The zero-order valence-corrected chi connectivity index (χ0v) is 16.2. The molecule has 2 aromatic rings. The maximum absolute atomic E-state index is 12.3. The number of furan rings is 1. The summed E-state index contributed by atoms with van der Waals surface area (Å²) in [5.74, 6) is 0.519. The topological polar surface area (TPSA) is 83.7 Å². The van der Waals surface area contributed by atoms with Gasteiger partial charge in [-0.15, -0.1) is 0 Å². The minimum atomic E-state index is -0.334. The van der Waals surface area contributed by atoms with Crippen LogP contribution in [0.5, 0.6) is 0 Å². The number of nitrogens with zero attached hydrogens (tertiary/aromatic N) is 1. The number of fused-ring (bicyclic) bond motifs is 1. The molecule has 0 saturated heterocycles. The quantitative estimate of drug-likeness (QED) is 0.764. The number of aryl methyl sites for hydroxylation is 1. The first-order valence-electron chi connectivity index (χ1n) is 9.04. The van der Waals surface area contributed by atoms with Crippen molar-refractivity contribution >= 4 is 29.1 Å². The maximum atomic E-state index is 12.3. The zero-order valence-electron chi connectivity index (χ0n) is 15.4. The van der Waals surface area contributed by atoms with Gasteiger partial charge in [-0.05, 0) is 44.4 Å². The van der Waals surface area contributed by atoms with Crippen LogP contribution in [0.25, 0.3) is 0 Å². The minimum absolute atomic E-state index is 0.217. The van der Waals surface area contributed by atoms with Gasteiger partial charge in [-0.3, -0.25) is 9.59 Å². The number of hydrazone groups is 1. The lowest BCUT2D eigenvalue weighted by molar-refractivity contribution is 0.0921. The SMILES string of the molecule is CCCNC(=O)c1oc2c(c1C)/C(=N/NC(=O)c1cccc(Cl)c1)CCC2. The Morgan fingerprint density at radius 1 is 1.26 bits per heavy atom. The fourth-order valence-electron chi connectivity index (χ4n) is 3.13. The summed E-state index contributed by atoms with van der Waals surface area (Å²) < 4.78 is 5.81. The molecule has 6 nitrogen and oxygen atoms in total. The van der Waals surface area contributed by atoms with Crippen LogP contribution in [0.4, 0.5) is 0 Å². The van der Waals surface area contributed by atoms with E-state index in [0.717, 1.165) is 41.9 Å². The Labute approximate surface area is 163 Å². The highest BCUT2D eigenvalue weighted by Crippen LogP contribution is 2.29. The Kier molecular flexibility index (Phi) is 5.96. The van der Waals surface area contributed by atoms with Crippen LogP contribution in [-0.4, -0.2) is 24.1 Å². The standard InChI is InChI=1S/C20H22ClN3O3/c1-3-10-22-20(26)18-12(2)17-15(8-5-9-16(17)27-18)23-24-19(25)13-6-4-7-14(21)11-13/h4,6-7,11H,3,5,8-10H2,1-2H3,(H,22,26)(H,24,25)/b23-15+. The Hall–Kier alpha value is -2.60. The smallest absolute Gasteiger partial charge is 0.287 e. The van der Waals surface area contributed by atoms with E-state index in [4.69, 9.17) is 16.0 Å². The maximum Gasteiger partial charge on any atom is 0.287 e. The first-order chi connectivity index (χ1) is 13.0. The van der Waals surface area contributed by atoms with Crippen molar-refractivity contribution in [3.05, 3.63) is 57.5 Å². The van der Waals surface area contributed by atoms with E-state index in [9.17, 15) is 9.59 Å². The Bertz CT molecular complexity index is 902. The first kappa shape index (κ1) is 19.2. The van der Waals surface area contributed by atoms with Crippen molar-refractivity contribution in [1.29, 1.82) is 0 Å². The van der Waals surface area contributed by atoms with Gasteiger partial charge in [0.2, 0.25) is 0 Å². The van der Waals surface area contributed by atoms with Crippen molar-refractivity contribution in [2.45, 2.75) is 39.5 Å². The van der Waals surface area contributed by atoms with Crippen molar-refractivity contribution in [2.24, 2.45) is 5.10 Å². The first-order valence-corrected chi connectivity index (χ1v) is 9.42. The number of hydrogen-bond donors (Lipinski definition) is 2. The average molecular weight is 388 g/mol. The van der Waals surface area contributed by atoms with Crippen LogP contribution in [-0.2, 0) is 6.42 Å². The van der Waals surface area contributed by atoms with E-state index in [1.54, 1.807) is 24.3 Å². The molecule has 1 aromatic carbocycles. The van der Waals surface area contributed by atoms with Crippen molar-refractivity contribution < 1.29 is 14.0 Å². The van der Waals surface area contributed by atoms with Gasteiger partial charge in [0.25, 0.3) is 11.8 Å². The summed E-state index contributed by atoms with van der Waals surface area (Å²) in [6.07, 6.45) is 3.16. The van der Waals surface area contributed by atoms with Gasteiger partial charge in [0.05, 0.1) is 5.71 Å². The van der Waals surface area contributed by atoms with Gasteiger partial charge >= 0.3 is 0 Å². The molecule has 0 bridgehead atoms. The fourth-order valence-corrected chi connectivity index (χ4v) is 3.32. The summed E-state index contributed by atoms with van der Waals surface area (Å²) in [5, 5.41) is 7.63. The third-order valence-corrected chi connectivity index (χ3v) is 4.68. The molecular weight excluding hydrogens is 366 g/mol. The number of halogens is 1. The molecule has 0 radical (unpaired) electrons. The second kappa shape index (κ2) is 8.39. The lowest BCUT2D eigenvalue weighted by atomic mass is 9.93. The molecule has 0 aliphatic heterocycles. The molecule has 0 spiro atoms. The molecule has 0 fully saturated rings. The van der Waals surface area contributed by atoms with E-state index in [1.165, 1.54) is 0 Å². The van der Waals surface area contributed by atoms with Gasteiger partial charge in [0.15, 0.2) is 5.76 Å². The number of hydrogen-bond acceptors (Lipinski definition) is 4. The molecule has 2 amide bonds. The third kappa shape index (κ3) is 4.22. The normalized spacial score (nSPS) is 14.7. The molecule has 1 aromatic heterocycles. The Morgan fingerprint density at radius 2 is 2.07 bits per heavy atom. The predicted molar refractivity (Wildman–Crippen MR) is 104 cm³/mol. The monoisotopic (exact) mass is 387 g/mol. The molecular formula is C20H22ClN3O3. The highest BCUT2D eigenvalue weighted by molar-refractivity contribution is 6.31. The van der Waals surface area contributed by atoms with Gasteiger partial charge in [0, 0.05) is 34.7 Å². The van der Waals surface area contributed by atoms with Crippen molar-refractivity contribution in [1.82, 2.24) is 10.7 Å². The molecule has 0 atom stereocenters. The summed E-state index contributed by atoms with van der Waals surface area (Å²) in [4.78, 5) is 24.6. The molecule has 1 aliphatic rings. The third-order valence-electron chi connectivity index (χ3n) is 4.45. The predicted octanol–water partition coefficient (Wildman–Crippen LogP) is 3.85. The van der Waals surface area contributed by atoms with Crippen LogP contribution in [0, 0.1) is 6.92 Å². The number of carbonyl (C=O) groups is 2. The lowest BCUT2D eigenvalue weighted by Crippen LogP contribution is -2.24. The number of amides is 2. The summed E-state index contributed by atoms with van der Waals surface area (Å²) in [7, 11) is 0. The number of rotatable bonds is 5. The minimum Gasteiger partial charge on any atom is -0.455 e. The molecule has 0 saturated carbocycles. The van der Waals surface area contributed by atoms with Crippen molar-refractivity contribution in [3.63, 3.8) is 0 Å². The Balaban J connectivity index is 1.83. The number of benzene rings is 1. The lowest BCUT2D eigenvalue weighted by Gasteiger charge is -2.13. The zero-order chi connectivity index (χ0) is 19.4. The van der Waals surface area contributed by atoms with Crippen LogP contribution in [0.1, 0.15) is 64.0 Å². The molecule has 0 unspecified atom stereocenters. The van der Waals surface area contributed by atoms with Gasteiger partial charge in [-0.25, -0.2) is 5.43 Å². The van der Waals surface area contributed by atoms with Gasteiger partial charge < -0.3 is 9.73 Å². The summed E-state index contributed by atoms with van der Waals surface area (Å²) in [6, 6.07) is 6.68. The van der Waals surface area contributed by atoms with Crippen molar-refractivity contribution in [2.75, 3.05) is 6.54 Å². The average Bonchev–Trinajstić information content (AvgIpc) is 3.01. The molecule has 1 aliphatic carbocycles. The van der Waals surface area contributed by atoms with Crippen LogP contribution >= 0.6 is 11.6 Å². The van der Waals surface area contributed by atoms with E-state index in [0.29, 0.717) is 29.3 Å². The molecule has 7 heteroatoms. The molecule has 1 heterocycles. The second-order valence-corrected chi connectivity index (χ2v) is 6.91. The van der Waals surface area contributed by atoms with Gasteiger partial charge in [-0.1, -0.05) is 24.6 Å². The molecule has 142 valence electrons. The highest BCUT2D eigenvalue weighted by atomic mass is 35.5. The Morgan fingerprint density at radius 3 is 2.81 bits per heavy atom. The highest BCUT2D eigenvalue weighted by Gasteiger charge is 2.27. The number of nitrogens with one attached hydrogen (secondary N) is 2. The molecule has 2 N–H and O–H groups in total. The molecule has 3 rings (SSSR count). The van der Waals surface area contributed by atoms with E-state index in [2.05, 4.69) is 15.8 Å². The van der Waals surface area contributed by atoms with E-state index < -0.39 is 0 Å². The van der Waals surface area contributed by atoms with Crippen LogP contribution < -0.4 is 10.7 Å². The van der Waals surface area contributed by atoms with E-state index in [1.807, 2.05) is 13.8 Å². The van der Waals surface area contributed by atoms with E-state index in [-0.39, 0.29) is 11.8 Å². The van der Waals surface area contributed by atoms with Gasteiger partial charge in [-0.2, -0.15) is 5.10 Å². The number of carbonyl (C=O) groups excluding carboxylic acids is 2. The largest absolute Gasteiger partial charge is 0.455 e. The fraction of sp³-hybridized carbons (Fsp3) is 0.350. The van der Waals surface area contributed by atoms with Crippen LogP contribution in [0.3, 0.4) is 0 Å². The molecule has 27 heavy (non-hydrogen) atoms.